The molecule has 0 spiro atoms. The highest BCUT2D eigenvalue weighted by Gasteiger charge is 2.42. The molecule has 1 N–H and O–H groups in total. The van der Waals surface area contributed by atoms with E-state index in [9.17, 15) is 8.42 Å². The molecule has 2 unspecified atom stereocenters. The van der Waals surface area contributed by atoms with Crippen LogP contribution in [0.1, 0.15) is 6.92 Å². The van der Waals surface area contributed by atoms with Crippen molar-refractivity contribution < 1.29 is 13.2 Å². The zero-order chi connectivity index (χ0) is 14.2. The molecule has 20 heavy (non-hydrogen) atoms. The summed E-state index contributed by atoms with van der Waals surface area (Å²) in [5.41, 5.74) is 0.933. The molecule has 1 fully saturated rings. The van der Waals surface area contributed by atoms with Crippen LogP contribution in [-0.2, 0) is 9.84 Å². The lowest BCUT2D eigenvalue weighted by Gasteiger charge is -2.08. The fourth-order valence-corrected chi connectivity index (χ4v) is 6.02. The van der Waals surface area contributed by atoms with E-state index >= 15 is 0 Å². The molecule has 1 aromatic carbocycles. The summed E-state index contributed by atoms with van der Waals surface area (Å²) in [5.74, 6) is 1.25. The Morgan fingerprint density at radius 3 is 2.75 bits per heavy atom. The highest BCUT2D eigenvalue weighted by molar-refractivity contribution is 8.15. The Bertz CT molecular complexity index is 626. The quantitative estimate of drug-likeness (QED) is 0.921. The summed E-state index contributed by atoms with van der Waals surface area (Å²) in [5, 5.41) is 4.11. The van der Waals surface area contributed by atoms with Gasteiger partial charge in [0.2, 0.25) is 0 Å². The molecule has 0 aromatic heterocycles. The van der Waals surface area contributed by atoms with Crippen molar-refractivity contribution in [2.75, 3.05) is 23.4 Å². The van der Waals surface area contributed by atoms with E-state index < -0.39 is 9.84 Å². The fraction of sp³-hybridized carbons (Fsp3) is 0.462. The molecule has 5 nitrogen and oxygen atoms in total. The number of fused-ring (bicyclic) bond motifs is 1. The molecule has 0 amide bonds. The van der Waals surface area contributed by atoms with Crippen molar-refractivity contribution in [3.05, 3.63) is 24.3 Å². The van der Waals surface area contributed by atoms with Gasteiger partial charge in [-0.1, -0.05) is 11.8 Å². The summed E-state index contributed by atoms with van der Waals surface area (Å²) in [6.07, 6.45) is 0. The van der Waals surface area contributed by atoms with Crippen molar-refractivity contribution in [2.45, 2.75) is 18.2 Å². The number of ether oxygens (including phenoxy) is 1. The lowest BCUT2D eigenvalue weighted by Crippen LogP contribution is -2.13. The third-order valence-corrected chi connectivity index (χ3v) is 6.38. The molecule has 0 bridgehead atoms. The molecule has 0 aliphatic carbocycles. The van der Waals surface area contributed by atoms with Gasteiger partial charge in [-0.2, -0.15) is 0 Å². The molecule has 7 heteroatoms. The molecular weight excluding hydrogens is 296 g/mol. The Balaban J connectivity index is 1.65. The van der Waals surface area contributed by atoms with E-state index in [2.05, 4.69) is 10.3 Å². The van der Waals surface area contributed by atoms with E-state index in [4.69, 9.17) is 4.74 Å². The summed E-state index contributed by atoms with van der Waals surface area (Å²) in [4.78, 5) is 4.46. The minimum atomic E-state index is -2.89. The number of rotatable bonds is 3. The van der Waals surface area contributed by atoms with Gasteiger partial charge in [-0.05, 0) is 31.2 Å². The first-order valence-electron chi connectivity index (χ1n) is 6.50. The van der Waals surface area contributed by atoms with Gasteiger partial charge in [-0.3, -0.25) is 4.99 Å². The second-order valence-electron chi connectivity index (χ2n) is 4.82. The Morgan fingerprint density at radius 1 is 1.35 bits per heavy atom. The third-order valence-electron chi connectivity index (χ3n) is 3.23. The predicted molar refractivity (Wildman–Crippen MR) is 82.5 cm³/mol. The number of sulfone groups is 1. The number of aliphatic imine (C=N–C) groups is 1. The van der Waals surface area contributed by atoms with Gasteiger partial charge < -0.3 is 10.1 Å². The van der Waals surface area contributed by atoms with Crippen molar-refractivity contribution in [1.82, 2.24) is 0 Å². The van der Waals surface area contributed by atoms with Crippen molar-refractivity contribution in [1.29, 1.82) is 0 Å². The SMILES string of the molecule is CCOc1ccc(NC2=NC3CS(=O)(=O)CC3S2)cc1. The first-order valence-corrected chi connectivity index (χ1v) is 9.20. The number of hydrogen-bond acceptors (Lipinski definition) is 6. The molecule has 2 heterocycles. The number of nitrogens with zero attached hydrogens (tertiary/aromatic N) is 1. The second-order valence-corrected chi connectivity index (χ2v) is 8.20. The summed E-state index contributed by atoms with van der Waals surface area (Å²) in [6.45, 7) is 2.59. The van der Waals surface area contributed by atoms with Crippen LogP contribution in [0.5, 0.6) is 5.75 Å². The zero-order valence-corrected chi connectivity index (χ0v) is 12.7. The van der Waals surface area contributed by atoms with E-state index in [-0.39, 0.29) is 22.8 Å². The maximum atomic E-state index is 11.5. The van der Waals surface area contributed by atoms with Gasteiger partial charge in [-0.25, -0.2) is 8.42 Å². The van der Waals surface area contributed by atoms with Gasteiger partial charge >= 0.3 is 0 Å². The first kappa shape index (κ1) is 13.8. The lowest BCUT2D eigenvalue weighted by atomic mass is 10.3. The fourth-order valence-electron chi connectivity index (χ4n) is 2.34. The maximum absolute atomic E-state index is 11.5. The van der Waals surface area contributed by atoms with E-state index in [1.165, 1.54) is 11.8 Å². The van der Waals surface area contributed by atoms with Crippen LogP contribution in [0.2, 0.25) is 0 Å². The third kappa shape index (κ3) is 2.93. The second kappa shape index (κ2) is 5.29. The molecular formula is C13H16N2O3S2. The highest BCUT2D eigenvalue weighted by atomic mass is 32.2. The Morgan fingerprint density at radius 2 is 2.10 bits per heavy atom. The molecule has 2 aliphatic rings. The van der Waals surface area contributed by atoms with Gasteiger partial charge in [0.1, 0.15) is 5.75 Å². The smallest absolute Gasteiger partial charge is 0.161 e. The number of thioether (sulfide) groups is 1. The van der Waals surface area contributed by atoms with Crippen molar-refractivity contribution in [3.8, 4) is 5.75 Å². The van der Waals surface area contributed by atoms with Crippen molar-refractivity contribution in [2.24, 2.45) is 4.99 Å². The lowest BCUT2D eigenvalue weighted by molar-refractivity contribution is 0.340. The molecule has 3 rings (SSSR count). The average molecular weight is 312 g/mol. The molecule has 2 aliphatic heterocycles. The minimum Gasteiger partial charge on any atom is -0.494 e. The summed E-state index contributed by atoms with van der Waals surface area (Å²) in [6, 6.07) is 7.57. The largest absolute Gasteiger partial charge is 0.494 e. The highest BCUT2D eigenvalue weighted by Crippen LogP contribution is 2.34. The predicted octanol–water partition coefficient (Wildman–Crippen LogP) is 1.77. The Labute approximate surface area is 122 Å². The summed E-state index contributed by atoms with van der Waals surface area (Å²) in [7, 11) is -2.89. The zero-order valence-electron chi connectivity index (χ0n) is 11.1. The number of amidine groups is 1. The van der Waals surface area contributed by atoms with E-state index in [1.807, 2.05) is 31.2 Å². The number of anilines is 1. The first-order chi connectivity index (χ1) is 9.55. The standard InChI is InChI=1S/C13H16N2O3S2/c1-2-18-10-5-3-9(4-6-10)14-13-15-11-7-20(16,17)8-12(11)19-13/h3-6,11-12H,2,7-8H2,1H3,(H,14,15). The summed E-state index contributed by atoms with van der Waals surface area (Å²) >= 11 is 1.52. The molecule has 2 atom stereocenters. The van der Waals surface area contributed by atoms with Gasteiger partial charge in [0.05, 0.1) is 24.2 Å². The van der Waals surface area contributed by atoms with E-state index in [1.54, 1.807) is 0 Å². The van der Waals surface area contributed by atoms with Gasteiger partial charge in [0, 0.05) is 10.9 Å². The Hall–Kier alpha value is -1.21. The summed E-state index contributed by atoms with van der Waals surface area (Å²) < 4.78 is 28.4. The van der Waals surface area contributed by atoms with Crippen LogP contribution < -0.4 is 10.1 Å². The number of hydrogen-bond donors (Lipinski definition) is 1. The maximum Gasteiger partial charge on any atom is 0.161 e. The van der Waals surface area contributed by atoms with Crippen molar-refractivity contribution in [3.63, 3.8) is 0 Å². The van der Waals surface area contributed by atoms with Crippen LogP contribution in [0.25, 0.3) is 0 Å². The van der Waals surface area contributed by atoms with Crippen molar-refractivity contribution >= 4 is 32.5 Å². The molecule has 0 saturated carbocycles. The van der Waals surface area contributed by atoms with Gasteiger partial charge in [0.25, 0.3) is 0 Å². The Kier molecular flexibility index (Phi) is 3.64. The average Bonchev–Trinajstić information content (AvgIpc) is 2.84. The van der Waals surface area contributed by atoms with Gasteiger partial charge in [0.15, 0.2) is 15.0 Å². The molecule has 1 aromatic rings. The molecule has 1 saturated heterocycles. The van der Waals surface area contributed by atoms with Crippen LogP contribution in [0.15, 0.2) is 29.3 Å². The van der Waals surface area contributed by atoms with E-state index in [0.717, 1.165) is 16.6 Å². The topological polar surface area (TPSA) is 67.8 Å². The van der Waals surface area contributed by atoms with Crippen LogP contribution in [0.3, 0.4) is 0 Å². The van der Waals surface area contributed by atoms with Crippen LogP contribution in [0, 0.1) is 0 Å². The van der Waals surface area contributed by atoms with Crippen LogP contribution >= 0.6 is 11.8 Å². The van der Waals surface area contributed by atoms with E-state index in [0.29, 0.717) is 6.61 Å². The van der Waals surface area contributed by atoms with Gasteiger partial charge in [-0.15, -0.1) is 0 Å². The van der Waals surface area contributed by atoms with Crippen LogP contribution in [0.4, 0.5) is 5.69 Å². The van der Waals surface area contributed by atoms with Crippen LogP contribution in [-0.4, -0.2) is 43.0 Å². The monoisotopic (exact) mass is 312 g/mol. The number of nitrogens with one attached hydrogen (secondary N) is 1. The molecule has 0 radical (unpaired) electrons. The normalized spacial score (nSPS) is 26.9. The number of benzene rings is 1. The minimum absolute atomic E-state index is 0.0743. The molecule has 108 valence electrons.